The molecule has 0 spiro atoms. The van der Waals surface area contributed by atoms with Crippen LogP contribution in [0.4, 0.5) is 0 Å². The van der Waals surface area contributed by atoms with Crippen LogP contribution in [-0.2, 0) is 18.3 Å². The predicted octanol–water partition coefficient (Wildman–Crippen LogP) is 0.687. The predicted molar refractivity (Wildman–Crippen MR) is 85.2 cm³/mol. The van der Waals surface area contributed by atoms with Crippen molar-refractivity contribution in [3.05, 3.63) is 39.0 Å². The van der Waals surface area contributed by atoms with Crippen LogP contribution in [0.2, 0.25) is 0 Å². The Morgan fingerprint density at radius 2 is 2.43 bits per heavy atom. The smallest absolute Gasteiger partial charge is 0.262 e. The first-order valence-corrected chi connectivity index (χ1v) is 8.23. The van der Waals surface area contributed by atoms with Gasteiger partial charge in [-0.05, 0) is 0 Å². The molecule has 0 bridgehead atoms. The average Bonchev–Trinajstić information content (AvgIpc) is 3.19. The summed E-state index contributed by atoms with van der Waals surface area (Å²) in [7, 11) is 1.78. The average molecular weight is 332 g/mol. The van der Waals surface area contributed by atoms with Crippen LogP contribution in [0, 0.1) is 0 Å². The molecule has 120 valence electrons. The Morgan fingerprint density at radius 1 is 1.52 bits per heavy atom. The number of thiazole rings is 1. The molecule has 0 saturated carbocycles. The maximum absolute atomic E-state index is 12.1. The van der Waals surface area contributed by atoms with Crippen LogP contribution in [0.15, 0.2) is 22.6 Å². The largest absolute Gasteiger partial charge is 0.368 e. The van der Waals surface area contributed by atoms with Gasteiger partial charge >= 0.3 is 0 Å². The number of nitrogens with zero attached hydrogens (tertiary/aromatic N) is 5. The summed E-state index contributed by atoms with van der Waals surface area (Å²) in [5.74, 6) is 0.644. The van der Waals surface area contributed by atoms with Gasteiger partial charge in [-0.2, -0.15) is 5.10 Å². The van der Waals surface area contributed by atoms with E-state index in [2.05, 4.69) is 25.0 Å². The van der Waals surface area contributed by atoms with Crippen molar-refractivity contribution in [3.8, 4) is 0 Å². The van der Waals surface area contributed by atoms with Crippen LogP contribution < -0.4 is 5.56 Å². The molecule has 3 aromatic heterocycles. The topological polar surface area (TPSA) is 88.9 Å². The van der Waals surface area contributed by atoms with Crippen molar-refractivity contribution in [2.45, 2.75) is 12.6 Å². The van der Waals surface area contributed by atoms with Gasteiger partial charge in [0.05, 0.1) is 19.3 Å². The molecule has 0 unspecified atom stereocenters. The minimum Gasteiger partial charge on any atom is -0.368 e. The van der Waals surface area contributed by atoms with Crippen LogP contribution in [0.3, 0.4) is 0 Å². The molecule has 1 fully saturated rings. The molecule has 0 aromatic carbocycles. The zero-order chi connectivity index (χ0) is 15.8. The molecule has 3 aromatic rings. The molecular formula is C14H16N6O2S. The van der Waals surface area contributed by atoms with Crippen molar-refractivity contribution in [1.82, 2.24) is 29.6 Å². The van der Waals surface area contributed by atoms with Crippen LogP contribution in [0.25, 0.3) is 11.0 Å². The molecule has 1 aliphatic rings. The Balaban J connectivity index is 1.55. The third-order valence-electron chi connectivity index (χ3n) is 3.90. The highest BCUT2D eigenvalue weighted by atomic mass is 32.1. The Morgan fingerprint density at radius 3 is 3.26 bits per heavy atom. The highest BCUT2D eigenvalue weighted by Gasteiger charge is 2.24. The fourth-order valence-corrected chi connectivity index (χ4v) is 3.43. The van der Waals surface area contributed by atoms with Gasteiger partial charge in [0.1, 0.15) is 22.3 Å². The summed E-state index contributed by atoms with van der Waals surface area (Å²) in [5.41, 5.74) is 0.455. The molecule has 1 atom stereocenters. The van der Waals surface area contributed by atoms with Crippen molar-refractivity contribution in [1.29, 1.82) is 0 Å². The van der Waals surface area contributed by atoms with E-state index in [9.17, 15) is 4.79 Å². The molecule has 8 nitrogen and oxygen atoms in total. The monoisotopic (exact) mass is 332 g/mol. The first kappa shape index (κ1) is 14.5. The number of aromatic amines is 1. The van der Waals surface area contributed by atoms with Crippen LogP contribution in [0.5, 0.6) is 0 Å². The van der Waals surface area contributed by atoms with E-state index in [1.54, 1.807) is 29.3 Å². The standard InChI is InChI=1S/C14H16N6O2S/c1-19-12-9(6-16-19)13(21)18-11(17-12)8-20-3-4-22-10(7-20)14-15-2-5-23-14/h2,5-6,10H,3-4,7-8H2,1H3,(H,17,18,21)/t10-/m0/s1. The maximum atomic E-state index is 12.1. The van der Waals surface area contributed by atoms with E-state index in [4.69, 9.17) is 4.74 Å². The second-order valence-corrected chi connectivity index (χ2v) is 6.41. The summed E-state index contributed by atoms with van der Waals surface area (Å²) in [5, 5.41) is 7.53. The van der Waals surface area contributed by atoms with Crippen LogP contribution >= 0.6 is 11.3 Å². The van der Waals surface area contributed by atoms with Gasteiger partial charge < -0.3 is 9.72 Å². The molecule has 0 radical (unpaired) electrons. The molecule has 23 heavy (non-hydrogen) atoms. The third-order valence-corrected chi connectivity index (χ3v) is 4.77. The Labute approximate surface area is 135 Å². The van der Waals surface area contributed by atoms with Crippen molar-refractivity contribution < 1.29 is 4.74 Å². The summed E-state index contributed by atoms with van der Waals surface area (Å²) >= 11 is 1.60. The summed E-state index contributed by atoms with van der Waals surface area (Å²) < 4.78 is 7.41. The summed E-state index contributed by atoms with van der Waals surface area (Å²) in [6.45, 7) is 2.75. The van der Waals surface area contributed by atoms with Crippen molar-refractivity contribution in [3.63, 3.8) is 0 Å². The number of hydrogen-bond donors (Lipinski definition) is 1. The lowest BCUT2D eigenvalue weighted by Gasteiger charge is -2.31. The highest BCUT2D eigenvalue weighted by Crippen LogP contribution is 2.24. The molecular weight excluding hydrogens is 316 g/mol. The number of aromatic nitrogens is 5. The molecule has 4 heterocycles. The summed E-state index contributed by atoms with van der Waals surface area (Å²) in [6.07, 6.45) is 3.31. The number of morpholine rings is 1. The van der Waals surface area contributed by atoms with Crippen LogP contribution in [0.1, 0.15) is 16.9 Å². The molecule has 1 saturated heterocycles. The van der Waals surface area contributed by atoms with E-state index in [1.807, 2.05) is 5.38 Å². The van der Waals surface area contributed by atoms with E-state index >= 15 is 0 Å². The molecule has 4 rings (SSSR count). The van der Waals surface area contributed by atoms with Crippen molar-refractivity contribution >= 4 is 22.4 Å². The minimum absolute atomic E-state index is 0.0177. The molecule has 1 N–H and O–H groups in total. The van der Waals surface area contributed by atoms with Gasteiger partial charge in [-0.25, -0.2) is 9.97 Å². The summed E-state index contributed by atoms with van der Waals surface area (Å²) in [4.78, 5) is 26.0. The molecule has 0 aliphatic carbocycles. The van der Waals surface area contributed by atoms with Gasteiger partial charge in [0.15, 0.2) is 5.65 Å². The maximum Gasteiger partial charge on any atom is 0.262 e. The van der Waals surface area contributed by atoms with Gasteiger partial charge in [0.25, 0.3) is 5.56 Å². The number of nitrogens with one attached hydrogen (secondary N) is 1. The second kappa shape index (κ2) is 5.84. The van der Waals surface area contributed by atoms with Gasteiger partial charge in [-0.15, -0.1) is 11.3 Å². The quantitative estimate of drug-likeness (QED) is 0.759. The van der Waals surface area contributed by atoms with Crippen LogP contribution in [-0.4, -0.2) is 49.3 Å². The highest BCUT2D eigenvalue weighted by molar-refractivity contribution is 7.09. The number of fused-ring (bicyclic) bond motifs is 1. The SMILES string of the molecule is Cn1ncc2c(=O)[nH]c(CN3CCO[C@H](c4nccs4)C3)nc21. The third kappa shape index (κ3) is 2.78. The van der Waals surface area contributed by atoms with Gasteiger partial charge in [0.2, 0.25) is 0 Å². The first-order chi connectivity index (χ1) is 11.2. The number of rotatable bonds is 3. The lowest BCUT2D eigenvalue weighted by atomic mass is 10.2. The number of hydrogen-bond acceptors (Lipinski definition) is 7. The second-order valence-electron chi connectivity index (χ2n) is 5.48. The molecule has 9 heteroatoms. The lowest BCUT2D eigenvalue weighted by molar-refractivity contribution is -0.0337. The Bertz CT molecular complexity index is 871. The van der Waals surface area contributed by atoms with E-state index in [0.717, 1.165) is 18.1 Å². The number of H-pyrrole nitrogens is 1. The minimum atomic E-state index is -0.150. The van der Waals surface area contributed by atoms with Gasteiger partial charge in [-0.3, -0.25) is 14.4 Å². The lowest BCUT2D eigenvalue weighted by Crippen LogP contribution is -2.38. The Hall–Kier alpha value is -2.10. The zero-order valence-electron chi connectivity index (χ0n) is 12.6. The Kier molecular flexibility index (Phi) is 3.68. The van der Waals surface area contributed by atoms with Crippen molar-refractivity contribution in [2.75, 3.05) is 19.7 Å². The van der Waals surface area contributed by atoms with E-state index in [-0.39, 0.29) is 11.7 Å². The number of aryl methyl sites for hydroxylation is 1. The summed E-state index contributed by atoms with van der Waals surface area (Å²) in [6, 6.07) is 0. The van der Waals surface area contributed by atoms with Gasteiger partial charge in [-0.1, -0.05) is 0 Å². The fourth-order valence-electron chi connectivity index (χ4n) is 2.75. The first-order valence-electron chi connectivity index (χ1n) is 7.35. The molecule has 1 aliphatic heterocycles. The van der Waals surface area contributed by atoms with E-state index < -0.39 is 0 Å². The molecule has 0 amide bonds. The fraction of sp³-hybridized carbons (Fsp3) is 0.429. The van der Waals surface area contributed by atoms with Gasteiger partial charge in [0, 0.05) is 31.7 Å². The van der Waals surface area contributed by atoms with E-state index in [1.165, 1.54) is 6.20 Å². The zero-order valence-corrected chi connectivity index (χ0v) is 13.4. The normalized spacial score (nSPS) is 19.4. The van der Waals surface area contributed by atoms with Crippen molar-refractivity contribution in [2.24, 2.45) is 7.05 Å². The van der Waals surface area contributed by atoms with E-state index in [0.29, 0.717) is 30.0 Å². The number of ether oxygens (including phenoxy) is 1.